The molecule has 0 saturated heterocycles. The molecule has 1 aliphatic rings. The summed E-state index contributed by atoms with van der Waals surface area (Å²) < 4.78 is 11.8. The summed E-state index contributed by atoms with van der Waals surface area (Å²) in [7, 11) is 0. The van der Waals surface area contributed by atoms with Crippen LogP contribution < -0.4 is 14.8 Å². The summed E-state index contributed by atoms with van der Waals surface area (Å²) >= 11 is 0. The third kappa shape index (κ3) is 3.20. The van der Waals surface area contributed by atoms with Crippen molar-refractivity contribution in [3.8, 4) is 22.9 Å². The Bertz CT molecular complexity index is 1120. The van der Waals surface area contributed by atoms with Crippen LogP contribution in [0.5, 0.6) is 11.5 Å². The van der Waals surface area contributed by atoms with Crippen molar-refractivity contribution in [1.82, 2.24) is 15.0 Å². The molecule has 0 radical (unpaired) electrons. The van der Waals surface area contributed by atoms with E-state index in [1.54, 1.807) is 12.4 Å². The van der Waals surface area contributed by atoms with Crippen LogP contribution in [0.2, 0.25) is 0 Å². The SMILES string of the molecule is c1cncc(-c2nc(NC[C@@H]3COc4ccccc4O3)c3ccccc3n2)c1. The Kier molecular flexibility index (Phi) is 4.21. The van der Waals surface area contributed by atoms with Crippen LogP contribution in [0.3, 0.4) is 0 Å². The molecule has 0 saturated carbocycles. The molecule has 0 spiro atoms. The minimum absolute atomic E-state index is 0.106. The van der Waals surface area contributed by atoms with E-state index in [1.807, 2.05) is 60.7 Å². The zero-order valence-corrected chi connectivity index (χ0v) is 15.1. The number of ether oxygens (including phenoxy) is 2. The predicted molar refractivity (Wildman–Crippen MR) is 108 cm³/mol. The molecule has 1 N–H and O–H groups in total. The monoisotopic (exact) mass is 370 g/mol. The van der Waals surface area contributed by atoms with Crippen molar-refractivity contribution in [3.05, 3.63) is 73.1 Å². The van der Waals surface area contributed by atoms with E-state index in [0.29, 0.717) is 19.0 Å². The second-order valence-corrected chi connectivity index (χ2v) is 6.53. The van der Waals surface area contributed by atoms with Gasteiger partial charge in [0, 0.05) is 23.3 Å². The number of nitrogens with zero attached hydrogens (tertiary/aromatic N) is 3. The van der Waals surface area contributed by atoms with Gasteiger partial charge >= 0.3 is 0 Å². The van der Waals surface area contributed by atoms with Crippen molar-refractivity contribution in [1.29, 1.82) is 0 Å². The fourth-order valence-corrected chi connectivity index (χ4v) is 3.21. The highest BCUT2D eigenvalue weighted by Gasteiger charge is 2.21. The van der Waals surface area contributed by atoms with Crippen LogP contribution in [0.4, 0.5) is 5.82 Å². The average molecular weight is 370 g/mol. The van der Waals surface area contributed by atoms with Gasteiger partial charge in [0.2, 0.25) is 0 Å². The van der Waals surface area contributed by atoms with Gasteiger partial charge in [0.25, 0.3) is 0 Å². The molecule has 2 aromatic carbocycles. The fraction of sp³-hybridized carbons (Fsp3) is 0.136. The highest BCUT2D eigenvalue weighted by molar-refractivity contribution is 5.90. The van der Waals surface area contributed by atoms with Gasteiger partial charge in [-0.05, 0) is 36.4 Å². The number of hydrogen-bond donors (Lipinski definition) is 1. The Hall–Kier alpha value is -3.67. The summed E-state index contributed by atoms with van der Waals surface area (Å²) in [5.41, 5.74) is 1.76. The summed E-state index contributed by atoms with van der Waals surface area (Å²) in [6.07, 6.45) is 3.40. The van der Waals surface area contributed by atoms with E-state index >= 15 is 0 Å². The number of aromatic nitrogens is 3. The van der Waals surface area contributed by atoms with E-state index in [2.05, 4.69) is 15.3 Å². The molecule has 28 heavy (non-hydrogen) atoms. The first-order chi connectivity index (χ1) is 13.9. The summed E-state index contributed by atoms with van der Waals surface area (Å²) in [5, 5.41) is 4.39. The molecular weight excluding hydrogens is 352 g/mol. The molecule has 0 fully saturated rings. The van der Waals surface area contributed by atoms with Crippen molar-refractivity contribution in [3.63, 3.8) is 0 Å². The summed E-state index contributed by atoms with van der Waals surface area (Å²) in [4.78, 5) is 13.6. The Morgan fingerprint density at radius 1 is 0.929 bits per heavy atom. The van der Waals surface area contributed by atoms with Crippen LogP contribution in [0.1, 0.15) is 0 Å². The number of para-hydroxylation sites is 3. The van der Waals surface area contributed by atoms with E-state index in [1.165, 1.54) is 0 Å². The molecule has 0 bridgehead atoms. The zero-order valence-electron chi connectivity index (χ0n) is 15.1. The quantitative estimate of drug-likeness (QED) is 0.587. The van der Waals surface area contributed by atoms with Crippen molar-refractivity contribution in [2.45, 2.75) is 6.10 Å². The molecule has 6 nitrogen and oxygen atoms in total. The smallest absolute Gasteiger partial charge is 0.163 e. The van der Waals surface area contributed by atoms with Gasteiger partial charge in [-0.15, -0.1) is 0 Å². The molecule has 6 heteroatoms. The topological polar surface area (TPSA) is 69.2 Å². The van der Waals surface area contributed by atoms with E-state index < -0.39 is 0 Å². The van der Waals surface area contributed by atoms with Crippen molar-refractivity contribution in [2.24, 2.45) is 0 Å². The standard InChI is InChI=1S/C22H18N4O2/c1-2-8-18-17(7-1)22(26-21(25-18)15-6-5-11-23-12-15)24-13-16-14-27-19-9-3-4-10-20(19)28-16/h1-12,16H,13-14H2,(H,24,25,26)/t16-/m1/s1. The van der Waals surface area contributed by atoms with Gasteiger partial charge in [-0.2, -0.15) is 0 Å². The number of benzene rings is 2. The fourth-order valence-electron chi connectivity index (χ4n) is 3.21. The predicted octanol–water partition coefficient (Wildman–Crippen LogP) is 3.94. The van der Waals surface area contributed by atoms with Crippen LogP contribution in [-0.4, -0.2) is 34.2 Å². The number of nitrogens with one attached hydrogen (secondary N) is 1. The number of fused-ring (bicyclic) bond motifs is 2. The number of hydrogen-bond acceptors (Lipinski definition) is 6. The zero-order chi connectivity index (χ0) is 18.8. The second kappa shape index (κ2) is 7.15. The number of anilines is 1. The Balaban J connectivity index is 1.42. The molecule has 0 unspecified atom stereocenters. The van der Waals surface area contributed by atoms with E-state index in [-0.39, 0.29) is 6.10 Å². The normalized spacial score (nSPS) is 15.4. The molecule has 1 atom stereocenters. The van der Waals surface area contributed by atoms with Crippen LogP contribution >= 0.6 is 0 Å². The van der Waals surface area contributed by atoms with Crippen LogP contribution in [0.25, 0.3) is 22.3 Å². The lowest BCUT2D eigenvalue weighted by Crippen LogP contribution is -2.35. The molecule has 0 amide bonds. The van der Waals surface area contributed by atoms with Crippen molar-refractivity contribution >= 4 is 16.7 Å². The minimum Gasteiger partial charge on any atom is -0.486 e. The maximum Gasteiger partial charge on any atom is 0.163 e. The number of pyridine rings is 1. The van der Waals surface area contributed by atoms with Gasteiger partial charge < -0.3 is 14.8 Å². The summed E-state index contributed by atoms with van der Waals surface area (Å²) in [5.74, 6) is 2.96. The largest absolute Gasteiger partial charge is 0.486 e. The van der Waals surface area contributed by atoms with Crippen LogP contribution in [0, 0.1) is 0 Å². The average Bonchev–Trinajstić information content (AvgIpc) is 2.77. The van der Waals surface area contributed by atoms with Gasteiger partial charge in [-0.3, -0.25) is 4.98 Å². The molecule has 4 aromatic rings. The molecular formula is C22H18N4O2. The maximum atomic E-state index is 6.04. The van der Waals surface area contributed by atoms with Crippen LogP contribution in [0.15, 0.2) is 73.1 Å². The summed E-state index contributed by atoms with van der Waals surface area (Å²) in [6, 6.07) is 19.5. The van der Waals surface area contributed by atoms with Gasteiger partial charge in [-0.1, -0.05) is 24.3 Å². The summed E-state index contributed by atoms with van der Waals surface area (Å²) in [6.45, 7) is 1.06. The highest BCUT2D eigenvalue weighted by Crippen LogP contribution is 2.31. The highest BCUT2D eigenvalue weighted by atomic mass is 16.6. The Morgan fingerprint density at radius 3 is 2.68 bits per heavy atom. The van der Waals surface area contributed by atoms with E-state index in [9.17, 15) is 0 Å². The molecule has 3 heterocycles. The maximum absolute atomic E-state index is 6.04. The van der Waals surface area contributed by atoms with E-state index in [4.69, 9.17) is 14.5 Å². The van der Waals surface area contributed by atoms with Crippen LogP contribution in [-0.2, 0) is 0 Å². The molecule has 5 rings (SSSR count). The second-order valence-electron chi connectivity index (χ2n) is 6.53. The van der Waals surface area contributed by atoms with Gasteiger partial charge in [-0.25, -0.2) is 9.97 Å². The first-order valence-electron chi connectivity index (χ1n) is 9.16. The molecule has 2 aromatic heterocycles. The van der Waals surface area contributed by atoms with Gasteiger partial charge in [0.05, 0.1) is 12.1 Å². The lowest BCUT2D eigenvalue weighted by molar-refractivity contribution is 0.0997. The minimum atomic E-state index is -0.106. The lowest BCUT2D eigenvalue weighted by Gasteiger charge is -2.26. The Labute approximate surface area is 162 Å². The van der Waals surface area contributed by atoms with Crippen molar-refractivity contribution < 1.29 is 9.47 Å². The lowest BCUT2D eigenvalue weighted by atomic mass is 10.2. The molecule has 138 valence electrons. The Morgan fingerprint density at radius 2 is 1.79 bits per heavy atom. The van der Waals surface area contributed by atoms with Crippen molar-refractivity contribution in [2.75, 3.05) is 18.5 Å². The van der Waals surface area contributed by atoms with Gasteiger partial charge in [0.15, 0.2) is 17.3 Å². The van der Waals surface area contributed by atoms with E-state index in [0.717, 1.165) is 33.8 Å². The third-order valence-corrected chi connectivity index (χ3v) is 4.59. The molecule has 1 aliphatic heterocycles. The first kappa shape index (κ1) is 16.5. The molecule has 0 aliphatic carbocycles. The first-order valence-corrected chi connectivity index (χ1v) is 9.16. The van der Waals surface area contributed by atoms with Gasteiger partial charge in [0.1, 0.15) is 18.5 Å². The third-order valence-electron chi connectivity index (χ3n) is 4.59. The number of rotatable bonds is 4.